The molecular weight excluding hydrogens is 640 g/mol. The maximum atomic E-state index is 13.9. The summed E-state index contributed by atoms with van der Waals surface area (Å²) < 4.78 is 13.8. The minimum absolute atomic E-state index is 0.00279. The van der Waals surface area contributed by atoms with Gasteiger partial charge in [-0.15, -0.1) is 0 Å². The lowest BCUT2D eigenvalue weighted by Crippen LogP contribution is -2.47. The van der Waals surface area contributed by atoms with Crippen LogP contribution in [0.2, 0.25) is 0 Å². The molecule has 0 saturated heterocycles. The molecule has 2 bridgehead atoms. The molecule has 0 fully saturated rings. The molecule has 2 aromatic carbocycles. The molecule has 0 atom stereocenters. The number of carbonyl (C=O) groups excluding carboxylic acids is 3. The Kier molecular flexibility index (Phi) is 12.5. The van der Waals surface area contributed by atoms with Crippen molar-refractivity contribution in [1.29, 1.82) is 0 Å². The first-order chi connectivity index (χ1) is 24.4. The van der Waals surface area contributed by atoms with Gasteiger partial charge in [0.15, 0.2) is 6.61 Å². The third-order valence-electron chi connectivity index (χ3n) is 8.51. The van der Waals surface area contributed by atoms with Crippen LogP contribution in [-0.4, -0.2) is 99.6 Å². The Morgan fingerprint density at radius 1 is 0.900 bits per heavy atom. The van der Waals surface area contributed by atoms with Gasteiger partial charge in [-0.1, -0.05) is 24.3 Å². The molecule has 2 aliphatic rings. The smallest absolute Gasteiger partial charge is 0.290 e. The SMILES string of the molecule is Cc1ccc2c(c1)N(CC(=O)N1CCCCN(C(=O)Cc3cccnc3)CCOc3cccc(c3)-c3nccn3CCC1)C(=O)CO2.O=CO. The zero-order chi connectivity index (χ0) is 35.3. The number of imidazole rings is 1. The standard InChI is InChI=1S/C36H40N6O5.CH2O2/c1-27-10-11-32-31(21-27)42(35(45)26-47-32)25-34(44)39-14-2-3-15-40(33(43)22-28-7-5-12-37-24-28)19-20-46-30-9-4-8-29(23-30)36-38-13-18-41(36)17-6-16-39;2-1-3/h4-5,7-13,18,21,23-24H,2-3,6,14-17,19-20,22,25-26H2,1H3;1H,(H,2,3). The minimum Gasteiger partial charge on any atom is -0.492 e. The molecule has 1 N–H and O–H groups in total. The van der Waals surface area contributed by atoms with Gasteiger partial charge in [0.05, 0.1) is 18.7 Å². The number of carbonyl (C=O) groups is 4. The van der Waals surface area contributed by atoms with Gasteiger partial charge in [-0.3, -0.25) is 29.1 Å². The van der Waals surface area contributed by atoms with Gasteiger partial charge in [0.2, 0.25) is 11.8 Å². The quantitative estimate of drug-likeness (QED) is 0.317. The van der Waals surface area contributed by atoms with Gasteiger partial charge >= 0.3 is 0 Å². The van der Waals surface area contributed by atoms with E-state index in [-0.39, 0.29) is 43.8 Å². The second kappa shape index (κ2) is 17.6. The molecule has 0 radical (unpaired) electrons. The highest BCUT2D eigenvalue weighted by Crippen LogP contribution is 2.33. The molecule has 2 aromatic heterocycles. The molecule has 3 amide bonds. The molecule has 0 saturated carbocycles. The Morgan fingerprint density at radius 2 is 1.68 bits per heavy atom. The van der Waals surface area contributed by atoms with Crippen molar-refractivity contribution in [2.45, 2.75) is 39.2 Å². The lowest BCUT2D eigenvalue weighted by molar-refractivity contribution is -0.132. The zero-order valence-corrected chi connectivity index (χ0v) is 28.1. The molecule has 13 heteroatoms. The Morgan fingerprint density at radius 3 is 2.46 bits per heavy atom. The Balaban J connectivity index is 0.00000156. The number of aromatic nitrogens is 3. The fourth-order valence-corrected chi connectivity index (χ4v) is 6.02. The van der Waals surface area contributed by atoms with Crippen LogP contribution in [0.4, 0.5) is 5.69 Å². The second-order valence-corrected chi connectivity index (χ2v) is 12.0. The summed E-state index contributed by atoms with van der Waals surface area (Å²) in [5, 5.41) is 6.89. The zero-order valence-electron chi connectivity index (χ0n) is 28.1. The number of anilines is 1. The van der Waals surface area contributed by atoms with E-state index in [1.807, 2.05) is 77.5 Å². The predicted molar refractivity (Wildman–Crippen MR) is 186 cm³/mol. The second-order valence-electron chi connectivity index (χ2n) is 12.0. The largest absolute Gasteiger partial charge is 0.492 e. The number of nitrogens with zero attached hydrogens (tertiary/aromatic N) is 6. The number of pyridine rings is 1. The van der Waals surface area contributed by atoms with E-state index in [0.717, 1.165) is 22.5 Å². The van der Waals surface area contributed by atoms with Gasteiger partial charge in [0, 0.05) is 56.5 Å². The first-order valence-corrected chi connectivity index (χ1v) is 16.7. The van der Waals surface area contributed by atoms with Crippen LogP contribution in [0.3, 0.4) is 0 Å². The number of amides is 3. The van der Waals surface area contributed by atoms with Gasteiger partial charge in [-0.05, 0) is 67.6 Å². The molecule has 0 spiro atoms. The Hall–Kier alpha value is -5.72. The number of aryl methyl sites for hydroxylation is 2. The fourth-order valence-electron chi connectivity index (χ4n) is 6.02. The first-order valence-electron chi connectivity index (χ1n) is 16.7. The number of rotatable bonds is 4. The van der Waals surface area contributed by atoms with Crippen LogP contribution in [0.5, 0.6) is 11.5 Å². The lowest BCUT2D eigenvalue weighted by Gasteiger charge is -2.32. The summed E-state index contributed by atoms with van der Waals surface area (Å²) in [7, 11) is 0. The Bertz CT molecular complexity index is 1760. The van der Waals surface area contributed by atoms with Crippen molar-refractivity contribution in [3.05, 3.63) is 90.5 Å². The van der Waals surface area contributed by atoms with Crippen molar-refractivity contribution >= 4 is 29.9 Å². The van der Waals surface area contributed by atoms with E-state index in [1.54, 1.807) is 18.6 Å². The van der Waals surface area contributed by atoms with E-state index >= 15 is 0 Å². The fraction of sp³-hybridized carbons (Fsp3) is 0.351. The van der Waals surface area contributed by atoms with Gasteiger partial charge in [-0.2, -0.15) is 0 Å². The average Bonchev–Trinajstić information content (AvgIpc) is 3.59. The maximum absolute atomic E-state index is 13.9. The topological polar surface area (TPSA) is 147 Å². The van der Waals surface area contributed by atoms with Gasteiger partial charge in [-0.25, -0.2) is 4.98 Å². The van der Waals surface area contributed by atoms with E-state index < -0.39 is 0 Å². The molecule has 0 aliphatic carbocycles. The molecule has 0 unspecified atom stereocenters. The van der Waals surface area contributed by atoms with E-state index in [2.05, 4.69) is 14.5 Å². The van der Waals surface area contributed by atoms with Crippen molar-refractivity contribution in [2.75, 3.05) is 50.8 Å². The molecule has 262 valence electrons. The van der Waals surface area contributed by atoms with Crippen LogP contribution in [0, 0.1) is 6.92 Å². The van der Waals surface area contributed by atoms with Crippen molar-refractivity contribution in [1.82, 2.24) is 24.3 Å². The van der Waals surface area contributed by atoms with Gasteiger partial charge < -0.3 is 28.9 Å². The van der Waals surface area contributed by atoms with Gasteiger partial charge in [0.1, 0.15) is 30.5 Å². The summed E-state index contributed by atoms with van der Waals surface area (Å²) in [6.45, 7) is 4.54. The lowest BCUT2D eigenvalue weighted by atomic mass is 10.1. The molecule has 4 heterocycles. The summed E-state index contributed by atoms with van der Waals surface area (Å²) >= 11 is 0. The molecular formula is C37H42N6O7. The number of ether oxygens (including phenoxy) is 2. The van der Waals surface area contributed by atoms with Gasteiger partial charge in [0.25, 0.3) is 12.4 Å². The normalized spacial score (nSPS) is 15.2. The van der Waals surface area contributed by atoms with E-state index in [1.165, 1.54) is 4.90 Å². The van der Waals surface area contributed by atoms with Crippen molar-refractivity contribution in [2.24, 2.45) is 0 Å². The van der Waals surface area contributed by atoms with E-state index in [9.17, 15) is 14.4 Å². The number of carboxylic acid groups (broad SMARTS) is 1. The summed E-state index contributed by atoms with van der Waals surface area (Å²) in [6, 6.07) is 17.2. The summed E-state index contributed by atoms with van der Waals surface area (Å²) in [5.41, 5.74) is 3.38. The number of benzene rings is 2. The highest BCUT2D eigenvalue weighted by atomic mass is 16.5. The molecule has 13 nitrogen and oxygen atoms in total. The summed E-state index contributed by atoms with van der Waals surface area (Å²) in [4.78, 5) is 62.5. The van der Waals surface area contributed by atoms with Crippen LogP contribution < -0.4 is 14.4 Å². The minimum atomic E-state index is -0.250. The summed E-state index contributed by atoms with van der Waals surface area (Å²) in [6.07, 6.45) is 9.50. The third-order valence-corrected chi connectivity index (χ3v) is 8.51. The highest BCUT2D eigenvalue weighted by Gasteiger charge is 2.29. The van der Waals surface area contributed by atoms with E-state index in [4.69, 9.17) is 19.4 Å². The average molecular weight is 683 g/mol. The predicted octanol–water partition coefficient (Wildman–Crippen LogP) is 3.84. The maximum Gasteiger partial charge on any atom is 0.290 e. The number of hydrogen-bond donors (Lipinski definition) is 1. The highest BCUT2D eigenvalue weighted by molar-refractivity contribution is 6.02. The molecule has 2 aliphatic heterocycles. The van der Waals surface area contributed by atoms with Crippen LogP contribution >= 0.6 is 0 Å². The van der Waals surface area contributed by atoms with Crippen LogP contribution in [0.1, 0.15) is 30.4 Å². The van der Waals surface area contributed by atoms with E-state index in [0.29, 0.717) is 75.8 Å². The van der Waals surface area contributed by atoms with Crippen molar-refractivity contribution in [3.8, 4) is 22.9 Å². The monoisotopic (exact) mass is 682 g/mol. The molecule has 6 rings (SSSR count). The van der Waals surface area contributed by atoms with Crippen LogP contribution in [0.15, 0.2) is 79.4 Å². The van der Waals surface area contributed by atoms with Crippen LogP contribution in [-0.2, 0) is 32.1 Å². The number of hydrogen-bond acceptors (Lipinski definition) is 8. The molecule has 50 heavy (non-hydrogen) atoms. The van der Waals surface area contributed by atoms with Crippen molar-refractivity contribution in [3.63, 3.8) is 0 Å². The number of fused-ring (bicyclic) bond motifs is 5. The van der Waals surface area contributed by atoms with Crippen molar-refractivity contribution < 1.29 is 33.8 Å². The molecule has 4 aromatic rings. The first kappa shape index (κ1) is 35.6. The Labute approximate surface area is 291 Å². The summed E-state index contributed by atoms with van der Waals surface area (Å²) in [5.74, 6) is 1.77. The van der Waals surface area contributed by atoms with Crippen LogP contribution in [0.25, 0.3) is 11.4 Å². The third kappa shape index (κ3) is 9.46.